The van der Waals surface area contributed by atoms with Gasteiger partial charge in [-0.2, -0.15) is 4.98 Å². The first-order chi connectivity index (χ1) is 14.9. The Labute approximate surface area is 182 Å². The summed E-state index contributed by atoms with van der Waals surface area (Å²) in [6.07, 6.45) is 1.54. The molecule has 0 unspecified atom stereocenters. The maximum atomic E-state index is 14.9. The predicted molar refractivity (Wildman–Crippen MR) is 118 cm³/mol. The average Bonchev–Trinajstić information content (AvgIpc) is 3.21. The zero-order valence-corrected chi connectivity index (χ0v) is 18.3. The molecule has 0 aliphatic carbocycles. The lowest BCUT2D eigenvalue weighted by atomic mass is 9.92. The molecule has 0 saturated heterocycles. The quantitative estimate of drug-likeness (QED) is 0.634. The van der Waals surface area contributed by atoms with Crippen LogP contribution >= 0.6 is 0 Å². The number of fused-ring (bicyclic) bond motifs is 1. The fourth-order valence-corrected chi connectivity index (χ4v) is 3.89. The molecule has 2 aromatic heterocycles. The van der Waals surface area contributed by atoms with Crippen LogP contribution in [0, 0.1) is 5.82 Å². The summed E-state index contributed by atoms with van der Waals surface area (Å²) in [4.78, 5) is 11.4. The minimum atomic E-state index is -0.226. The van der Waals surface area contributed by atoms with Crippen molar-refractivity contribution in [2.75, 3.05) is 6.54 Å². The Balaban J connectivity index is 1.67. The Morgan fingerprint density at radius 1 is 1.26 bits per heavy atom. The van der Waals surface area contributed by atoms with Crippen LogP contribution in [0.25, 0.3) is 16.8 Å². The molecular weight excluding hydrogens is 393 g/mol. The lowest BCUT2D eigenvalue weighted by molar-refractivity contribution is 0.207. The van der Waals surface area contributed by atoms with Gasteiger partial charge in [-0.25, -0.2) is 9.37 Å². The van der Waals surface area contributed by atoms with Gasteiger partial charge in [0.15, 0.2) is 5.82 Å². The summed E-state index contributed by atoms with van der Waals surface area (Å²) in [5.41, 5.74) is 11.2. The smallest absolute Gasteiger partial charge is 0.240 e. The van der Waals surface area contributed by atoms with Crippen LogP contribution in [-0.4, -0.2) is 26.6 Å². The van der Waals surface area contributed by atoms with Gasteiger partial charge < -0.3 is 10.3 Å². The van der Waals surface area contributed by atoms with Crippen molar-refractivity contribution >= 4 is 5.70 Å². The molecule has 0 saturated carbocycles. The molecule has 3 aromatic rings. The van der Waals surface area contributed by atoms with Crippen molar-refractivity contribution in [1.82, 2.24) is 20.0 Å². The van der Waals surface area contributed by atoms with Crippen LogP contribution in [0.15, 0.2) is 35.4 Å². The van der Waals surface area contributed by atoms with E-state index in [0.717, 1.165) is 41.8 Å². The molecule has 0 spiro atoms. The van der Waals surface area contributed by atoms with Crippen molar-refractivity contribution in [2.45, 2.75) is 52.6 Å². The van der Waals surface area contributed by atoms with Crippen molar-refractivity contribution < 1.29 is 8.91 Å². The van der Waals surface area contributed by atoms with Gasteiger partial charge in [0, 0.05) is 24.6 Å². The van der Waals surface area contributed by atoms with Crippen LogP contribution < -0.4 is 5.73 Å². The zero-order valence-electron chi connectivity index (χ0n) is 18.3. The third-order valence-electron chi connectivity index (χ3n) is 5.68. The van der Waals surface area contributed by atoms with E-state index < -0.39 is 0 Å². The van der Waals surface area contributed by atoms with Crippen molar-refractivity contribution in [3.63, 3.8) is 0 Å². The van der Waals surface area contributed by atoms with E-state index in [0.29, 0.717) is 41.8 Å². The minimum absolute atomic E-state index is 0.218. The van der Waals surface area contributed by atoms with Gasteiger partial charge in [-0.05, 0) is 41.7 Å². The van der Waals surface area contributed by atoms with Crippen LogP contribution in [0.5, 0.6) is 0 Å². The first-order valence-electron chi connectivity index (χ1n) is 10.7. The Bertz CT molecular complexity index is 1120. The molecule has 3 heterocycles. The van der Waals surface area contributed by atoms with Crippen molar-refractivity contribution in [3.8, 4) is 11.1 Å². The fourth-order valence-electron chi connectivity index (χ4n) is 3.89. The molecule has 1 aliphatic heterocycles. The number of rotatable bonds is 6. The third-order valence-corrected chi connectivity index (χ3v) is 5.68. The highest BCUT2D eigenvalue weighted by atomic mass is 19.1. The van der Waals surface area contributed by atoms with Gasteiger partial charge >= 0.3 is 0 Å². The minimum Gasteiger partial charge on any atom is -0.397 e. The van der Waals surface area contributed by atoms with Gasteiger partial charge in [0.1, 0.15) is 5.82 Å². The van der Waals surface area contributed by atoms with Gasteiger partial charge in [-0.1, -0.05) is 44.6 Å². The van der Waals surface area contributed by atoms with E-state index in [-0.39, 0.29) is 11.7 Å². The Morgan fingerprint density at radius 3 is 2.71 bits per heavy atom. The summed E-state index contributed by atoms with van der Waals surface area (Å²) in [6, 6.07) is 7.29. The second-order valence-corrected chi connectivity index (χ2v) is 8.33. The Morgan fingerprint density at radius 2 is 2.06 bits per heavy atom. The van der Waals surface area contributed by atoms with Crippen LogP contribution in [0.3, 0.4) is 0 Å². The number of halogens is 1. The van der Waals surface area contributed by atoms with E-state index >= 15 is 0 Å². The molecule has 4 rings (SSSR count). The lowest BCUT2D eigenvalue weighted by Crippen LogP contribution is -2.31. The van der Waals surface area contributed by atoms with E-state index in [1.165, 1.54) is 0 Å². The molecule has 31 heavy (non-hydrogen) atoms. The molecule has 0 fully saturated rings. The molecule has 6 nitrogen and oxygen atoms in total. The van der Waals surface area contributed by atoms with E-state index in [1.54, 1.807) is 6.07 Å². The second-order valence-electron chi connectivity index (χ2n) is 8.33. The van der Waals surface area contributed by atoms with Crippen LogP contribution in [0.4, 0.5) is 4.39 Å². The standard InChI is InChI=1S/C24H28FN5O/c1-5-16-6-7-17(20(25)10-16)19-11-21(15(4)26)27-22-12-30(9-8-18(19)22)13-23-28-24(14(2)3)29-31-23/h6-7,10-11,14H,4-5,8-9,12-13,26H2,1-3H3. The molecule has 0 bridgehead atoms. The number of nitrogens with two attached hydrogens (primary N) is 1. The number of nitrogens with zero attached hydrogens (tertiary/aromatic N) is 4. The Kier molecular flexibility index (Phi) is 5.87. The van der Waals surface area contributed by atoms with E-state index in [1.807, 2.05) is 39.0 Å². The summed E-state index contributed by atoms with van der Waals surface area (Å²) < 4.78 is 20.3. The SMILES string of the molecule is C=C(N)c1cc(-c2ccc(CC)cc2F)c2c(n1)CN(Cc1nc(C(C)C)no1)CC2. The summed E-state index contributed by atoms with van der Waals surface area (Å²) >= 11 is 0. The molecule has 2 N–H and O–H groups in total. The van der Waals surface area contributed by atoms with Crippen molar-refractivity contribution in [3.05, 3.63) is 70.9 Å². The van der Waals surface area contributed by atoms with Gasteiger partial charge in [-0.3, -0.25) is 4.90 Å². The highest BCUT2D eigenvalue weighted by molar-refractivity contribution is 5.73. The zero-order chi connectivity index (χ0) is 22.1. The number of benzene rings is 1. The molecule has 0 radical (unpaired) electrons. The lowest BCUT2D eigenvalue weighted by Gasteiger charge is -2.29. The van der Waals surface area contributed by atoms with Crippen LogP contribution in [0.2, 0.25) is 0 Å². The summed E-state index contributed by atoms with van der Waals surface area (Å²) in [6.45, 7) is 11.8. The summed E-state index contributed by atoms with van der Waals surface area (Å²) in [7, 11) is 0. The van der Waals surface area contributed by atoms with Gasteiger partial charge in [0.25, 0.3) is 0 Å². The average molecular weight is 422 g/mol. The highest BCUT2D eigenvalue weighted by Crippen LogP contribution is 2.33. The largest absolute Gasteiger partial charge is 0.397 e. The molecule has 0 amide bonds. The molecule has 7 heteroatoms. The maximum Gasteiger partial charge on any atom is 0.240 e. The van der Waals surface area contributed by atoms with E-state index in [4.69, 9.17) is 15.2 Å². The molecule has 0 atom stereocenters. The van der Waals surface area contributed by atoms with Crippen LogP contribution in [0.1, 0.15) is 60.9 Å². The number of pyridine rings is 1. The normalized spacial score (nSPS) is 14.1. The Hall–Kier alpha value is -3.06. The number of hydrogen-bond donors (Lipinski definition) is 1. The molecule has 1 aromatic carbocycles. The maximum absolute atomic E-state index is 14.9. The second kappa shape index (κ2) is 8.59. The van der Waals surface area contributed by atoms with Gasteiger partial charge in [0.05, 0.1) is 23.6 Å². The van der Waals surface area contributed by atoms with Crippen molar-refractivity contribution in [2.24, 2.45) is 5.73 Å². The first-order valence-corrected chi connectivity index (χ1v) is 10.7. The molecule has 162 valence electrons. The van der Waals surface area contributed by atoms with Gasteiger partial charge in [-0.15, -0.1) is 0 Å². The molecule has 1 aliphatic rings. The first kappa shape index (κ1) is 21.2. The molecular formula is C24H28FN5O. The van der Waals surface area contributed by atoms with Crippen molar-refractivity contribution in [1.29, 1.82) is 0 Å². The topological polar surface area (TPSA) is 81.1 Å². The summed E-state index contributed by atoms with van der Waals surface area (Å²) in [5.74, 6) is 1.29. The number of aryl methyl sites for hydroxylation is 1. The van der Waals surface area contributed by atoms with Gasteiger partial charge in [0.2, 0.25) is 5.89 Å². The predicted octanol–water partition coefficient (Wildman–Crippen LogP) is 4.44. The van der Waals surface area contributed by atoms with E-state index in [9.17, 15) is 4.39 Å². The number of hydrogen-bond acceptors (Lipinski definition) is 6. The highest BCUT2D eigenvalue weighted by Gasteiger charge is 2.25. The third kappa shape index (κ3) is 4.37. The monoisotopic (exact) mass is 421 g/mol. The van der Waals surface area contributed by atoms with Crippen LogP contribution in [-0.2, 0) is 25.9 Å². The summed E-state index contributed by atoms with van der Waals surface area (Å²) in [5, 5.41) is 4.04. The number of aromatic nitrogens is 3. The fraction of sp³-hybridized carbons (Fsp3) is 0.375. The van der Waals surface area contributed by atoms with E-state index in [2.05, 4.69) is 21.6 Å².